The summed E-state index contributed by atoms with van der Waals surface area (Å²) in [5, 5.41) is 8.83. The Hall–Kier alpha value is -0.870. The second-order valence-electron chi connectivity index (χ2n) is 4.28. The molecule has 90 valence electrons. The van der Waals surface area contributed by atoms with E-state index in [0.717, 1.165) is 11.1 Å². The minimum atomic E-state index is -2.85. The van der Waals surface area contributed by atoms with Gasteiger partial charge in [0, 0.05) is 0 Å². The zero-order valence-corrected chi connectivity index (χ0v) is 10.8. The molecule has 0 bridgehead atoms. The largest absolute Gasteiger partial charge is 0.395 e. The fraction of sp³-hybridized carbons (Fsp3) is 0.500. The summed E-state index contributed by atoms with van der Waals surface area (Å²) in [5.41, 5.74) is 1.94. The zero-order valence-electron chi connectivity index (χ0n) is 9.99. The van der Waals surface area contributed by atoms with E-state index in [1.807, 2.05) is 25.1 Å². The first-order valence-electron chi connectivity index (χ1n) is 5.36. The van der Waals surface area contributed by atoms with E-state index in [-0.39, 0.29) is 12.4 Å². The van der Waals surface area contributed by atoms with Gasteiger partial charge >= 0.3 is 0 Å². The third-order valence-corrected chi connectivity index (χ3v) is 4.52. The molecule has 16 heavy (non-hydrogen) atoms. The van der Waals surface area contributed by atoms with Gasteiger partial charge in [-0.25, -0.2) is 8.99 Å². The first-order chi connectivity index (χ1) is 7.38. The van der Waals surface area contributed by atoms with Crippen molar-refractivity contribution in [3.63, 3.8) is 0 Å². The molecule has 0 fully saturated rings. The second kappa shape index (κ2) is 4.97. The Balaban J connectivity index is 3.27. The summed E-state index contributed by atoms with van der Waals surface area (Å²) in [6.07, 6.45) is 0. The molecular weight excluding hydrogens is 222 g/mol. The predicted octanol–water partition coefficient (Wildman–Crippen LogP) is 2.52. The van der Waals surface area contributed by atoms with Gasteiger partial charge in [-0.1, -0.05) is 26.0 Å². The minimum Gasteiger partial charge on any atom is -0.395 e. The lowest BCUT2D eigenvalue weighted by Crippen LogP contribution is -2.10. The first kappa shape index (κ1) is 13.2. The van der Waals surface area contributed by atoms with Crippen LogP contribution in [-0.2, 0) is 9.73 Å². The van der Waals surface area contributed by atoms with Gasteiger partial charge in [0.25, 0.3) is 0 Å². The van der Waals surface area contributed by atoms with Crippen LogP contribution >= 0.6 is 0 Å². The van der Waals surface area contributed by atoms with E-state index in [9.17, 15) is 4.21 Å². The van der Waals surface area contributed by atoms with Crippen LogP contribution in [0.4, 0.5) is 0 Å². The van der Waals surface area contributed by atoms with Gasteiger partial charge in [0.1, 0.15) is 0 Å². The van der Waals surface area contributed by atoms with E-state index in [0.29, 0.717) is 10.8 Å². The average Bonchev–Trinajstić information content (AvgIpc) is 2.17. The molecule has 0 aliphatic heterocycles. The molecule has 2 N–H and O–H groups in total. The number of hydrogen-bond donors (Lipinski definition) is 2. The Morgan fingerprint density at radius 2 is 2.06 bits per heavy atom. The fourth-order valence-corrected chi connectivity index (χ4v) is 2.96. The van der Waals surface area contributed by atoms with Crippen LogP contribution in [0.2, 0.25) is 0 Å². The molecule has 0 amide bonds. The molecule has 1 aromatic carbocycles. The maximum absolute atomic E-state index is 12.1. The fourth-order valence-electron chi connectivity index (χ4n) is 1.57. The minimum absolute atomic E-state index is 0.00931. The Labute approximate surface area is 97.5 Å². The van der Waals surface area contributed by atoms with Gasteiger partial charge in [-0.3, -0.25) is 0 Å². The van der Waals surface area contributed by atoms with Crippen LogP contribution in [0.15, 0.2) is 23.1 Å². The number of hydrogen-bond acceptors (Lipinski definition) is 3. The topological polar surface area (TPSA) is 61.2 Å². The van der Waals surface area contributed by atoms with Crippen LogP contribution in [-0.4, -0.2) is 21.7 Å². The Kier molecular flexibility index (Phi) is 4.10. The molecule has 0 saturated heterocycles. The molecule has 0 aromatic heterocycles. The van der Waals surface area contributed by atoms with E-state index in [1.54, 1.807) is 0 Å². The van der Waals surface area contributed by atoms with Crippen molar-refractivity contribution in [3.8, 4) is 0 Å². The van der Waals surface area contributed by atoms with Crippen LogP contribution in [0.5, 0.6) is 0 Å². The van der Waals surface area contributed by atoms with E-state index in [2.05, 4.69) is 13.8 Å². The standard InChI is InChI=1S/C12H19NO2S/c1-9(2)11-5-4-10(3)12(8-11)16(13,15)7-6-14/h4-5,8-9,13-14H,6-7H2,1-3H3. The van der Waals surface area contributed by atoms with Crippen LogP contribution in [0.3, 0.4) is 0 Å². The summed E-state index contributed by atoms with van der Waals surface area (Å²) in [6, 6.07) is 5.74. The number of aliphatic hydroxyl groups is 1. The number of nitrogens with one attached hydrogen (secondary N) is 1. The van der Waals surface area contributed by atoms with Gasteiger partial charge < -0.3 is 5.11 Å². The molecule has 0 aliphatic rings. The van der Waals surface area contributed by atoms with Gasteiger partial charge in [-0.2, -0.15) is 0 Å². The molecule has 0 saturated carbocycles. The van der Waals surface area contributed by atoms with Gasteiger partial charge in [-0.15, -0.1) is 0 Å². The Morgan fingerprint density at radius 3 is 2.56 bits per heavy atom. The van der Waals surface area contributed by atoms with Gasteiger partial charge in [0.2, 0.25) is 0 Å². The van der Waals surface area contributed by atoms with E-state index < -0.39 is 9.73 Å². The van der Waals surface area contributed by atoms with E-state index in [4.69, 9.17) is 9.89 Å². The van der Waals surface area contributed by atoms with Crippen molar-refractivity contribution in [2.75, 3.05) is 12.4 Å². The highest BCUT2D eigenvalue weighted by Gasteiger charge is 2.14. The molecule has 1 aromatic rings. The van der Waals surface area contributed by atoms with Crippen molar-refractivity contribution in [2.45, 2.75) is 31.6 Å². The van der Waals surface area contributed by atoms with E-state index >= 15 is 0 Å². The highest BCUT2D eigenvalue weighted by Crippen LogP contribution is 2.23. The van der Waals surface area contributed by atoms with Crippen LogP contribution < -0.4 is 0 Å². The smallest absolute Gasteiger partial charge is 0.0751 e. The lowest BCUT2D eigenvalue weighted by Gasteiger charge is -2.13. The number of aliphatic hydroxyl groups excluding tert-OH is 1. The van der Waals surface area contributed by atoms with Crippen LogP contribution in [0, 0.1) is 11.7 Å². The molecule has 0 radical (unpaired) electrons. The summed E-state index contributed by atoms with van der Waals surface area (Å²) in [7, 11) is -2.85. The summed E-state index contributed by atoms with van der Waals surface area (Å²) >= 11 is 0. The third kappa shape index (κ3) is 2.83. The Bertz CT molecular complexity index is 464. The second-order valence-corrected chi connectivity index (χ2v) is 6.48. The molecule has 1 unspecified atom stereocenters. The average molecular weight is 241 g/mol. The summed E-state index contributed by atoms with van der Waals surface area (Å²) in [5.74, 6) is 0.360. The van der Waals surface area contributed by atoms with Crippen molar-refractivity contribution in [2.24, 2.45) is 0 Å². The van der Waals surface area contributed by atoms with Gasteiger partial charge in [-0.05, 0) is 30.0 Å². The molecule has 0 spiro atoms. The lowest BCUT2D eigenvalue weighted by molar-refractivity contribution is 0.321. The van der Waals surface area contributed by atoms with Crippen molar-refractivity contribution < 1.29 is 9.32 Å². The molecular formula is C12H19NO2S. The third-order valence-electron chi connectivity index (χ3n) is 2.61. The Morgan fingerprint density at radius 1 is 1.44 bits per heavy atom. The van der Waals surface area contributed by atoms with Gasteiger partial charge in [0.15, 0.2) is 0 Å². The highest BCUT2D eigenvalue weighted by molar-refractivity contribution is 7.92. The molecule has 4 heteroatoms. The monoisotopic (exact) mass is 241 g/mol. The zero-order chi connectivity index (χ0) is 12.3. The molecule has 0 heterocycles. The molecule has 1 rings (SSSR count). The number of benzene rings is 1. The summed E-state index contributed by atoms with van der Waals surface area (Å²) in [6.45, 7) is 5.76. The first-order valence-corrected chi connectivity index (χ1v) is 7.09. The molecule has 3 nitrogen and oxygen atoms in total. The highest BCUT2D eigenvalue weighted by atomic mass is 32.2. The maximum atomic E-state index is 12.1. The summed E-state index contributed by atoms with van der Waals surface area (Å²) < 4.78 is 19.9. The van der Waals surface area contributed by atoms with Crippen molar-refractivity contribution in [1.29, 1.82) is 4.78 Å². The summed E-state index contributed by atoms with van der Waals surface area (Å²) in [4.78, 5) is 0.563. The molecule has 0 aliphatic carbocycles. The number of aryl methyl sites for hydroxylation is 1. The number of rotatable bonds is 4. The van der Waals surface area contributed by atoms with Crippen molar-refractivity contribution in [3.05, 3.63) is 29.3 Å². The SMILES string of the molecule is Cc1ccc(C(C)C)cc1S(=N)(=O)CCO. The lowest BCUT2D eigenvalue weighted by atomic mass is 10.0. The van der Waals surface area contributed by atoms with Crippen molar-refractivity contribution >= 4 is 9.73 Å². The quantitative estimate of drug-likeness (QED) is 0.851. The maximum Gasteiger partial charge on any atom is 0.0751 e. The van der Waals surface area contributed by atoms with Crippen LogP contribution in [0.25, 0.3) is 0 Å². The van der Waals surface area contributed by atoms with Crippen molar-refractivity contribution in [1.82, 2.24) is 0 Å². The van der Waals surface area contributed by atoms with Gasteiger partial charge in [0.05, 0.1) is 27.0 Å². The predicted molar refractivity (Wildman–Crippen MR) is 66.3 cm³/mol. The molecule has 1 atom stereocenters. The van der Waals surface area contributed by atoms with Crippen LogP contribution in [0.1, 0.15) is 30.9 Å². The van der Waals surface area contributed by atoms with E-state index in [1.165, 1.54) is 0 Å². The normalized spacial score (nSPS) is 15.1.